The highest BCUT2D eigenvalue weighted by atomic mass is 16.3. The van der Waals surface area contributed by atoms with E-state index in [0.717, 1.165) is 12.3 Å². The van der Waals surface area contributed by atoms with Gasteiger partial charge in [0, 0.05) is 12.6 Å². The van der Waals surface area contributed by atoms with Crippen LogP contribution in [0.15, 0.2) is 0 Å². The minimum absolute atomic E-state index is 0.501. The van der Waals surface area contributed by atoms with Gasteiger partial charge in [-0.1, -0.05) is 27.7 Å². The van der Waals surface area contributed by atoms with E-state index in [1.807, 2.05) is 6.92 Å². The van der Waals surface area contributed by atoms with Crippen molar-refractivity contribution in [3.05, 3.63) is 0 Å². The molecule has 0 saturated carbocycles. The van der Waals surface area contributed by atoms with E-state index in [2.05, 4.69) is 39.9 Å². The molecule has 2 atom stereocenters. The van der Waals surface area contributed by atoms with E-state index < -0.39 is 5.60 Å². The smallest absolute Gasteiger partial charge is 0.0746 e. The van der Waals surface area contributed by atoms with Crippen molar-refractivity contribution in [3.8, 4) is 0 Å². The fraction of sp³-hybridized carbons (Fsp3) is 1.00. The molecule has 0 aromatic heterocycles. The highest BCUT2D eigenvalue weighted by Crippen LogP contribution is 2.15. The average Bonchev–Trinajstić information content (AvgIpc) is 2.09. The summed E-state index contributed by atoms with van der Waals surface area (Å²) in [5.41, 5.74) is -0.569. The summed E-state index contributed by atoms with van der Waals surface area (Å²) in [5, 5.41) is 13.6. The number of rotatable bonds is 8. The van der Waals surface area contributed by atoms with E-state index in [4.69, 9.17) is 0 Å². The molecular weight excluding hydrogens is 198 g/mol. The molecule has 0 fully saturated rings. The first-order chi connectivity index (χ1) is 7.23. The molecule has 2 unspecified atom stereocenters. The lowest BCUT2D eigenvalue weighted by atomic mass is 9.94. The number of hydrogen-bond acceptors (Lipinski definition) is 2. The van der Waals surface area contributed by atoms with Crippen molar-refractivity contribution in [3.63, 3.8) is 0 Å². The zero-order valence-corrected chi connectivity index (χ0v) is 12.0. The Kier molecular flexibility index (Phi) is 7.25. The van der Waals surface area contributed by atoms with Crippen LogP contribution in [0.5, 0.6) is 0 Å². The highest BCUT2D eigenvalue weighted by molar-refractivity contribution is 4.78. The molecule has 0 aromatic carbocycles. The Morgan fingerprint density at radius 2 is 1.56 bits per heavy atom. The van der Waals surface area contributed by atoms with E-state index in [1.54, 1.807) is 0 Å². The van der Waals surface area contributed by atoms with Gasteiger partial charge >= 0.3 is 0 Å². The molecule has 0 rings (SSSR count). The summed E-state index contributed by atoms with van der Waals surface area (Å²) in [6, 6.07) is 0.501. The molecular formula is C14H31NO. The van der Waals surface area contributed by atoms with Gasteiger partial charge in [0.15, 0.2) is 0 Å². The fourth-order valence-corrected chi connectivity index (χ4v) is 2.03. The second kappa shape index (κ2) is 7.29. The van der Waals surface area contributed by atoms with Gasteiger partial charge in [-0.2, -0.15) is 0 Å². The third kappa shape index (κ3) is 9.17. The molecule has 0 amide bonds. The van der Waals surface area contributed by atoms with Crippen LogP contribution in [0.2, 0.25) is 0 Å². The van der Waals surface area contributed by atoms with Crippen LogP contribution in [0, 0.1) is 11.8 Å². The van der Waals surface area contributed by atoms with Crippen molar-refractivity contribution < 1.29 is 5.11 Å². The van der Waals surface area contributed by atoms with Crippen molar-refractivity contribution in [2.45, 2.75) is 72.4 Å². The summed E-state index contributed by atoms with van der Waals surface area (Å²) in [6.45, 7) is 13.6. The van der Waals surface area contributed by atoms with E-state index in [0.29, 0.717) is 18.5 Å². The maximum absolute atomic E-state index is 10.1. The normalized spacial score (nSPS) is 17.8. The molecule has 0 heterocycles. The number of hydrogen-bond donors (Lipinski definition) is 2. The second-order valence-corrected chi connectivity index (χ2v) is 6.35. The summed E-state index contributed by atoms with van der Waals surface area (Å²) < 4.78 is 0. The molecule has 0 aliphatic rings. The Hall–Kier alpha value is -0.0800. The minimum Gasteiger partial charge on any atom is -0.389 e. The average molecular weight is 229 g/mol. The monoisotopic (exact) mass is 229 g/mol. The van der Waals surface area contributed by atoms with Crippen LogP contribution in [0.1, 0.15) is 60.8 Å². The summed E-state index contributed by atoms with van der Waals surface area (Å²) in [6.07, 6.45) is 3.30. The van der Waals surface area contributed by atoms with Crippen molar-refractivity contribution in [2.24, 2.45) is 11.8 Å². The zero-order valence-electron chi connectivity index (χ0n) is 12.0. The molecule has 0 spiro atoms. The summed E-state index contributed by atoms with van der Waals surface area (Å²) in [4.78, 5) is 0. The Labute approximate surface area is 102 Å². The summed E-state index contributed by atoms with van der Waals surface area (Å²) >= 11 is 0. The maximum atomic E-state index is 10.1. The lowest BCUT2D eigenvalue weighted by Gasteiger charge is -2.27. The molecule has 0 aliphatic heterocycles. The van der Waals surface area contributed by atoms with E-state index >= 15 is 0 Å². The first kappa shape index (κ1) is 15.9. The quantitative estimate of drug-likeness (QED) is 0.670. The largest absolute Gasteiger partial charge is 0.389 e. The van der Waals surface area contributed by atoms with Gasteiger partial charge < -0.3 is 10.4 Å². The summed E-state index contributed by atoms with van der Waals surface area (Å²) in [7, 11) is 0. The van der Waals surface area contributed by atoms with E-state index in [1.165, 1.54) is 12.8 Å². The Bertz CT molecular complexity index is 176. The molecule has 98 valence electrons. The number of aliphatic hydroxyl groups is 1. The van der Waals surface area contributed by atoms with Gasteiger partial charge in [0.2, 0.25) is 0 Å². The lowest BCUT2D eigenvalue weighted by Crippen LogP contribution is -2.42. The molecule has 16 heavy (non-hydrogen) atoms. The molecule has 2 nitrogen and oxygen atoms in total. The molecule has 0 aliphatic carbocycles. The van der Waals surface area contributed by atoms with Crippen LogP contribution < -0.4 is 5.32 Å². The topological polar surface area (TPSA) is 32.3 Å². The predicted molar refractivity (Wildman–Crippen MR) is 71.6 cm³/mol. The Balaban J connectivity index is 3.76. The number of nitrogens with one attached hydrogen (secondary N) is 1. The van der Waals surface area contributed by atoms with E-state index in [9.17, 15) is 5.11 Å². The van der Waals surface area contributed by atoms with Gasteiger partial charge in [0.1, 0.15) is 0 Å². The summed E-state index contributed by atoms with van der Waals surface area (Å²) in [5.74, 6) is 1.31. The Morgan fingerprint density at radius 3 is 2.00 bits per heavy atom. The molecule has 0 bridgehead atoms. The lowest BCUT2D eigenvalue weighted by molar-refractivity contribution is 0.0360. The minimum atomic E-state index is -0.569. The van der Waals surface area contributed by atoms with Crippen molar-refractivity contribution in [1.29, 1.82) is 0 Å². The maximum Gasteiger partial charge on any atom is 0.0746 e. The Morgan fingerprint density at radius 1 is 1.00 bits per heavy atom. The van der Waals surface area contributed by atoms with Crippen LogP contribution in [0.3, 0.4) is 0 Å². The molecule has 2 heteroatoms. The fourth-order valence-electron chi connectivity index (χ4n) is 2.03. The zero-order chi connectivity index (χ0) is 12.8. The molecule has 0 radical (unpaired) electrons. The van der Waals surface area contributed by atoms with Crippen molar-refractivity contribution in [2.75, 3.05) is 6.54 Å². The van der Waals surface area contributed by atoms with Crippen LogP contribution in [0.25, 0.3) is 0 Å². The second-order valence-electron chi connectivity index (χ2n) is 6.35. The molecule has 0 aromatic rings. The van der Waals surface area contributed by atoms with Gasteiger partial charge in [-0.3, -0.25) is 0 Å². The standard InChI is InChI=1S/C14H31NO/c1-11(2)7-8-13(5)15-10-14(6,16)9-12(3)4/h11-13,15-16H,7-10H2,1-6H3. The van der Waals surface area contributed by atoms with E-state index in [-0.39, 0.29) is 0 Å². The van der Waals surface area contributed by atoms with Gasteiger partial charge in [-0.15, -0.1) is 0 Å². The van der Waals surface area contributed by atoms with Crippen LogP contribution in [0.4, 0.5) is 0 Å². The van der Waals surface area contributed by atoms with Crippen LogP contribution in [-0.2, 0) is 0 Å². The third-order valence-corrected chi connectivity index (χ3v) is 2.86. The van der Waals surface area contributed by atoms with Gasteiger partial charge in [0.25, 0.3) is 0 Å². The van der Waals surface area contributed by atoms with Gasteiger partial charge in [0.05, 0.1) is 5.60 Å². The molecule has 2 N–H and O–H groups in total. The van der Waals surface area contributed by atoms with Crippen molar-refractivity contribution >= 4 is 0 Å². The SMILES string of the molecule is CC(C)CCC(C)NCC(C)(O)CC(C)C. The van der Waals surface area contributed by atoms with Crippen LogP contribution in [-0.4, -0.2) is 23.3 Å². The third-order valence-electron chi connectivity index (χ3n) is 2.86. The van der Waals surface area contributed by atoms with Crippen LogP contribution >= 0.6 is 0 Å². The first-order valence-corrected chi connectivity index (χ1v) is 6.68. The first-order valence-electron chi connectivity index (χ1n) is 6.68. The van der Waals surface area contributed by atoms with Gasteiger partial charge in [-0.05, 0) is 44.9 Å². The van der Waals surface area contributed by atoms with Gasteiger partial charge in [-0.25, -0.2) is 0 Å². The predicted octanol–water partition coefficient (Wildman–Crippen LogP) is 3.20. The highest BCUT2D eigenvalue weighted by Gasteiger charge is 2.22. The van der Waals surface area contributed by atoms with Crippen molar-refractivity contribution in [1.82, 2.24) is 5.32 Å². The molecule has 0 saturated heterocycles.